The third kappa shape index (κ3) is 10.3. The van der Waals surface area contributed by atoms with Crippen LogP contribution in [0.4, 0.5) is 0 Å². The van der Waals surface area contributed by atoms with E-state index in [0.29, 0.717) is 31.1 Å². The molecule has 0 saturated carbocycles. The van der Waals surface area contributed by atoms with Gasteiger partial charge in [0.05, 0.1) is 19.8 Å². The molecule has 0 aliphatic rings. The molecule has 0 fully saturated rings. The van der Waals surface area contributed by atoms with Crippen molar-refractivity contribution in [2.24, 2.45) is 4.99 Å². The van der Waals surface area contributed by atoms with E-state index in [4.69, 9.17) is 14.2 Å². The molecule has 0 saturated heterocycles. The van der Waals surface area contributed by atoms with Crippen molar-refractivity contribution >= 4 is 11.9 Å². The van der Waals surface area contributed by atoms with E-state index in [2.05, 4.69) is 29.1 Å². The van der Waals surface area contributed by atoms with E-state index < -0.39 is 0 Å². The highest BCUT2D eigenvalue weighted by Gasteiger charge is 2.13. The Balaban J connectivity index is 2.72. The number of nitrogens with zero attached hydrogens (tertiary/aromatic N) is 2. The van der Waals surface area contributed by atoms with Crippen LogP contribution >= 0.6 is 0 Å². The molecule has 1 amide bonds. The lowest BCUT2D eigenvalue weighted by molar-refractivity contribution is 0.0920. The van der Waals surface area contributed by atoms with Gasteiger partial charge in [-0.05, 0) is 64.5 Å². The van der Waals surface area contributed by atoms with Crippen LogP contribution in [0.1, 0.15) is 50.9 Å². The molecule has 1 N–H and O–H groups in total. The van der Waals surface area contributed by atoms with Crippen LogP contribution in [-0.2, 0) is 9.47 Å². The molecule has 29 heavy (non-hydrogen) atoms. The molecule has 0 aromatic heterocycles. The highest BCUT2D eigenvalue weighted by Crippen LogP contribution is 2.12. The van der Waals surface area contributed by atoms with Crippen LogP contribution < -0.4 is 10.1 Å². The number of carbonyl (C=O) groups excluding carboxylic acids is 1. The van der Waals surface area contributed by atoms with Gasteiger partial charge in [-0.25, -0.2) is 4.99 Å². The summed E-state index contributed by atoms with van der Waals surface area (Å²) in [5, 5.41) is 2.78. The van der Waals surface area contributed by atoms with Crippen LogP contribution in [0.5, 0.6) is 5.75 Å². The zero-order valence-electron chi connectivity index (χ0n) is 18.6. The van der Waals surface area contributed by atoms with Crippen LogP contribution in [0.15, 0.2) is 29.3 Å². The van der Waals surface area contributed by atoms with E-state index in [1.807, 2.05) is 13.8 Å². The third-order valence-corrected chi connectivity index (χ3v) is 4.55. The number of amidine groups is 1. The summed E-state index contributed by atoms with van der Waals surface area (Å²) in [7, 11) is 1.57. The number of rotatable bonds is 13. The first-order valence-corrected chi connectivity index (χ1v) is 10.5. The first-order valence-electron chi connectivity index (χ1n) is 10.5. The van der Waals surface area contributed by atoms with Gasteiger partial charge in [0.25, 0.3) is 11.9 Å². The average molecular weight is 408 g/mol. The molecule has 0 aliphatic carbocycles. The molecule has 0 unspecified atom stereocenters. The number of carbonyl (C=O) groups is 1. The maximum atomic E-state index is 12.6. The van der Waals surface area contributed by atoms with E-state index in [0.717, 1.165) is 32.5 Å². The van der Waals surface area contributed by atoms with Crippen LogP contribution in [0, 0.1) is 0 Å². The van der Waals surface area contributed by atoms with E-state index in [1.165, 1.54) is 0 Å². The third-order valence-electron chi connectivity index (χ3n) is 4.55. The first-order chi connectivity index (χ1) is 14.0. The van der Waals surface area contributed by atoms with Gasteiger partial charge in [-0.15, -0.1) is 0 Å². The fourth-order valence-electron chi connectivity index (χ4n) is 2.80. The number of benzene rings is 1. The topological polar surface area (TPSA) is 72.4 Å². The van der Waals surface area contributed by atoms with Crippen molar-refractivity contribution in [2.75, 3.05) is 46.6 Å². The maximum absolute atomic E-state index is 12.6. The molecular formula is C22H37N3O4. The van der Waals surface area contributed by atoms with E-state index >= 15 is 0 Å². The van der Waals surface area contributed by atoms with Gasteiger partial charge in [-0.2, -0.15) is 0 Å². The molecule has 7 nitrogen and oxygen atoms in total. The molecule has 0 heterocycles. The SMILES string of the molecule is CCOCCOC(=N[C@@H](C)CCCN(CC)CC)NC(=O)c1cccc(OC)c1. The summed E-state index contributed by atoms with van der Waals surface area (Å²) in [6.45, 7) is 12.8. The monoisotopic (exact) mass is 407 g/mol. The Morgan fingerprint density at radius 1 is 1.21 bits per heavy atom. The second kappa shape index (κ2) is 14.8. The predicted molar refractivity (Wildman–Crippen MR) is 117 cm³/mol. The molecule has 0 bridgehead atoms. The smallest absolute Gasteiger partial charge is 0.292 e. The van der Waals surface area contributed by atoms with Crippen molar-refractivity contribution < 1.29 is 19.0 Å². The molecule has 1 rings (SSSR count). The maximum Gasteiger partial charge on any atom is 0.292 e. The molecule has 0 radical (unpaired) electrons. The lowest BCUT2D eigenvalue weighted by atomic mass is 10.2. The van der Waals surface area contributed by atoms with Gasteiger partial charge in [0.1, 0.15) is 12.4 Å². The minimum atomic E-state index is -0.283. The second-order valence-electron chi connectivity index (χ2n) is 6.68. The number of aliphatic imine (C=N–C) groups is 1. The van der Waals surface area contributed by atoms with Crippen LogP contribution in [0.3, 0.4) is 0 Å². The highest BCUT2D eigenvalue weighted by molar-refractivity contribution is 6.04. The molecule has 0 aliphatic heterocycles. The zero-order chi connectivity index (χ0) is 21.5. The number of nitrogens with one attached hydrogen (secondary N) is 1. The number of hydrogen-bond acceptors (Lipinski definition) is 6. The number of ether oxygens (including phenoxy) is 3. The summed E-state index contributed by atoms with van der Waals surface area (Å²) in [6.07, 6.45) is 1.96. The van der Waals surface area contributed by atoms with E-state index in [9.17, 15) is 4.79 Å². The van der Waals surface area contributed by atoms with E-state index in [1.54, 1.807) is 31.4 Å². The summed E-state index contributed by atoms with van der Waals surface area (Å²) in [4.78, 5) is 19.6. The summed E-state index contributed by atoms with van der Waals surface area (Å²) in [6, 6.07) is 7.24. The van der Waals surface area contributed by atoms with Crippen LogP contribution in [-0.4, -0.2) is 69.4 Å². The Morgan fingerprint density at radius 3 is 2.62 bits per heavy atom. The average Bonchev–Trinajstić information content (AvgIpc) is 2.74. The van der Waals surface area contributed by atoms with Gasteiger partial charge < -0.3 is 19.1 Å². The second-order valence-corrected chi connectivity index (χ2v) is 6.68. The summed E-state index contributed by atoms with van der Waals surface area (Å²) >= 11 is 0. The minimum absolute atomic E-state index is 0.0401. The lowest BCUT2D eigenvalue weighted by Gasteiger charge is -2.18. The molecule has 1 atom stereocenters. The van der Waals surface area contributed by atoms with Crippen molar-refractivity contribution in [2.45, 2.75) is 46.6 Å². The van der Waals surface area contributed by atoms with Crippen molar-refractivity contribution in [3.63, 3.8) is 0 Å². The lowest BCUT2D eigenvalue weighted by Crippen LogP contribution is -2.34. The number of amides is 1. The van der Waals surface area contributed by atoms with Crippen LogP contribution in [0.2, 0.25) is 0 Å². The quantitative estimate of drug-likeness (QED) is 0.308. The molecule has 164 valence electrons. The van der Waals surface area contributed by atoms with Gasteiger partial charge in [0.15, 0.2) is 0 Å². The molecule has 7 heteroatoms. The standard InChI is InChI=1S/C22H37N3O4/c1-6-25(7-2)14-10-11-18(4)23-22(29-16-15-28-8-3)24-21(26)19-12-9-13-20(17-19)27-5/h9,12-13,17-18H,6-8,10-11,14-16H2,1-5H3,(H,23,24,26)/t18-/m0/s1. The van der Waals surface area contributed by atoms with Gasteiger partial charge in [-0.1, -0.05) is 19.9 Å². The van der Waals surface area contributed by atoms with Crippen LogP contribution in [0.25, 0.3) is 0 Å². The minimum Gasteiger partial charge on any atom is -0.497 e. The first kappa shape index (κ1) is 24.9. The Labute approximate surface area is 175 Å². The zero-order valence-corrected chi connectivity index (χ0v) is 18.6. The summed E-state index contributed by atoms with van der Waals surface area (Å²) in [5.41, 5.74) is 0.486. The molecule has 1 aromatic carbocycles. The normalized spacial score (nSPS) is 12.7. The van der Waals surface area contributed by atoms with Gasteiger partial charge in [-0.3, -0.25) is 10.1 Å². The molecule has 0 spiro atoms. The Hall–Kier alpha value is -2.12. The van der Waals surface area contributed by atoms with Crippen molar-refractivity contribution in [3.8, 4) is 5.75 Å². The van der Waals surface area contributed by atoms with Crippen molar-refractivity contribution in [3.05, 3.63) is 29.8 Å². The van der Waals surface area contributed by atoms with Crippen molar-refractivity contribution in [1.82, 2.24) is 10.2 Å². The Bertz CT molecular complexity index is 618. The fourth-order valence-corrected chi connectivity index (χ4v) is 2.80. The molecular weight excluding hydrogens is 370 g/mol. The number of methoxy groups -OCH3 is 1. The van der Waals surface area contributed by atoms with Crippen molar-refractivity contribution in [1.29, 1.82) is 0 Å². The largest absolute Gasteiger partial charge is 0.497 e. The number of hydrogen-bond donors (Lipinski definition) is 1. The Morgan fingerprint density at radius 2 is 1.97 bits per heavy atom. The summed E-state index contributed by atoms with van der Waals surface area (Å²) in [5.74, 6) is 0.340. The van der Waals surface area contributed by atoms with Gasteiger partial charge in [0, 0.05) is 12.2 Å². The molecule has 1 aromatic rings. The highest BCUT2D eigenvalue weighted by atomic mass is 16.5. The van der Waals surface area contributed by atoms with E-state index in [-0.39, 0.29) is 18.0 Å². The predicted octanol–water partition coefficient (Wildman–Crippen LogP) is 3.34. The Kier molecular flexibility index (Phi) is 12.7. The summed E-state index contributed by atoms with van der Waals surface area (Å²) < 4.78 is 16.2. The fraction of sp³-hybridized carbons (Fsp3) is 0.636. The van der Waals surface area contributed by atoms with Gasteiger partial charge >= 0.3 is 0 Å². The van der Waals surface area contributed by atoms with Gasteiger partial charge in [0.2, 0.25) is 0 Å².